The average molecular weight is 398 g/mol. The second-order valence-corrected chi connectivity index (χ2v) is 6.34. The number of carbonyl (C=O) groups excluding carboxylic acids is 1. The Balaban J connectivity index is 1.58. The lowest BCUT2D eigenvalue weighted by molar-refractivity contribution is 0.0946. The van der Waals surface area contributed by atoms with E-state index in [-0.39, 0.29) is 5.91 Å². The maximum Gasteiger partial charge on any atom is 0.270 e. The molecule has 144 valence electrons. The molecule has 0 atom stereocenters. The molecule has 0 aliphatic rings. The van der Waals surface area contributed by atoms with Crippen molar-refractivity contribution in [1.29, 1.82) is 0 Å². The highest BCUT2D eigenvalue weighted by molar-refractivity contribution is 6.32. The number of carbonyl (C=O) groups is 1. The molecule has 3 aromatic rings. The van der Waals surface area contributed by atoms with Crippen LogP contribution in [0.2, 0.25) is 5.02 Å². The molecule has 0 saturated carbocycles. The van der Waals surface area contributed by atoms with Crippen molar-refractivity contribution >= 4 is 28.9 Å². The average Bonchev–Trinajstić information content (AvgIpc) is 2.73. The molecule has 6 nitrogen and oxygen atoms in total. The summed E-state index contributed by atoms with van der Waals surface area (Å²) in [6.45, 7) is 0.412. The molecule has 1 heterocycles. The van der Waals surface area contributed by atoms with Gasteiger partial charge in [0.2, 0.25) is 0 Å². The van der Waals surface area contributed by atoms with Gasteiger partial charge in [-0.25, -0.2) is 4.98 Å². The molecule has 0 saturated heterocycles. The van der Waals surface area contributed by atoms with Crippen molar-refractivity contribution in [2.24, 2.45) is 0 Å². The van der Waals surface area contributed by atoms with Crippen molar-refractivity contribution in [2.75, 3.05) is 19.5 Å². The highest BCUT2D eigenvalue weighted by Crippen LogP contribution is 2.28. The van der Waals surface area contributed by atoms with Gasteiger partial charge in [0.15, 0.2) is 0 Å². The van der Waals surface area contributed by atoms with Crippen LogP contribution in [-0.4, -0.2) is 25.1 Å². The van der Waals surface area contributed by atoms with Gasteiger partial charge < -0.3 is 20.1 Å². The minimum Gasteiger partial charge on any atom is -0.497 e. The van der Waals surface area contributed by atoms with Crippen molar-refractivity contribution in [1.82, 2.24) is 10.3 Å². The Morgan fingerprint density at radius 3 is 2.36 bits per heavy atom. The molecule has 1 amide bonds. The highest BCUT2D eigenvalue weighted by atomic mass is 35.5. The predicted octanol–water partition coefficient (Wildman–Crippen LogP) is 4.43. The maximum atomic E-state index is 12.3. The van der Waals surface area contributed by atoms with Gasteiger partial charge in [-0.1, -0.05) is 23.7 Å². The van der Waals surface area contributed by atoms with Gasteiger partial charge in [-0.3, -0.25) is 4.79 Å². The number of hydrogen-bond acceptors (Lipinski definition) is 5. The Bertz CT molecular complexity index is 944. The van der Waals surface area contributed by atoms with E-state index in [0.717, 1.165) is 22.7 Å². The first kappa shape index (κ1) is 19.5. The van der Waals surface area contributed by atoms with Gasteiger partial charge in [0.1, 0.15) is 17.2 Å². The zero-order valence-corrected chi connectivity index (χ0v) is 16.3. The summed E-state index contributed by atoms with van der Waals surface area (Å²) < 4.78 is 10.3. The Morgan fingerprint density at radius 1 is 1.00 bits per heavy atom. The minimum absolute atomic E-state index is 0.241. The first-order valence-electron chi connectivity index (χ1n) is 8.57. The van der Waals surface area contributed by atoms with E-state index in [1.54, 1.807) is 44.7 Å². The molecule has 0 spiro atoms. The molecule has 2 aromatic carbocycles. The fourth-order valence-corrected chi connectivity index (χ4v) is 2.79. The number of ether oxygens (including phenoxy) is 2. The van der Waals surface area contributed by atoms with E-state index in [9.17, 15) is 4.79 Å². The van der Waals surface area contributed by atoms with Crippen molar-refractivity contribution < 1.29 is 14.3 Å². The van der Waals surface area contributed by atoms with Crippen molar-refractivity contribution in [3.05, 3.63) is 77.1 Å². The molecule has 3 rings (SSSR count). The van der Waals surface area contributed by atoms with E-state index in [4.69, 9.17) is 21.1 Å². The number of amides is 1. The molecule has 0 aliphatic heterocycles. The summed E-state index contributed by atoms with van der Waals surface area (Å²) in [4.78, 5) is 16.5. The third-order valence-corrected chi connectivity index (χ3v) is 4.34. The molecule has 28 heavy (non-hydrogen) atoms. The first-order chi connectivity index (χ1) is 13.6. The lowest BCUT2D eigenvalue weighted by Gasteiger charge is -2.10. The number of aromatic nitrogens is 1. The molecular formula is C21H20ClN3O3. The van der Waals surface area contributed by atoms with Crippen LogP contribution in [0, 0.1) is 0 Å². The number of benzene rings is 2. The third-order valence-electron chi connectivity index (χ3n) is 4.05. The first-order valence-corrected chi connectivity index (χ1v) is 8.94. The summed E-state index contributed by atoms with van der Waals surface area (Å²) in [5.41, 5.74) is 2.85. The van der Waals surface area contributed by atoms with Crippen LogP contribution in [0.5, 0.6) is 11.5 Å². The molecule has 2 N–H and O–H groups in total. The number of pyridine rings is 1. The van der Waals surface area contributed by atoms with Crippen LogP contribution < -0.4 is 20.1 Å². The number of methoxy groups -OCH3 is 2. The van der Waals surface area contributed by atoms with Gasteiger partial charge in [0, 0.05) is 12.2 Å². The number of halogens is 1. The van der Waals surface area contributed by atoms with Crippen molar-refractivity contribution in [3.63, 3.8) is 0 Å². The van der Waals surface area contributed by atoms with Crippen LogP contribution in [-0.2, 0) is 6.54 Å². The highest BCUT2D eigenvalue weighted by Gasteiger charge is 2.08. The number of rotatable bonds is 7. The number of nitrogens with one attached hydrogen (secondary N) is 2. The molecule has 7 heteroatoms. The Labute approximate surface area is 168 Å². The standard InChI is InChI=1S/C21H20ClN3O3/c1-27-17-7-3-14(4-8-17)12-24-21(26)19-9-5-16(13-23-19)25-15-6-10-20(28-2)18(22)11-15/h3-11,13,25H,12H2,1-2H3,(H,24,26). The summed E-state index contributed by atoms with van der Waals surface area (Å²) in [6.07, 6.45) is 1.60. The normalized spacial score (nSPS) is 10.2. The zero-order valence-electron chi connectivity index (χ0n) is 15.5. The molecule has 0 bridgehead atoms. The van der Waals surface area contributed by atoms with Crippen LogP contribution in [0.3, 0.4) is 0 Å². The number of hydrogen-bond donors (Lipinski definition) is 2. The predicted molar refractivity (Wildman–Crippen MR) is 110 cm³/mol. The van der Waals surface area contributed by atoms with Gasteiger partial charge >= 0.3 is 0 Å². The van der Waals surface area contributed by atoms with Gasteiger partial charge in [-0.05, 0) is 48.0 Å². The quantitative estimate of drug-likeness (QED) is 0.617. The smallest absolute Gasteiger partial charge is 0.270 e. The maximum absolute atomic E-state index is 12.3. The van der Waals surface area contributed by atoms with Crippen LogP contribution in [0.1, 0.15) is 16.1 Å². The van der Waals surface area contributed by atoms with Gasteiger partial charge in [-0.2, -0.15) is 0 Å². The van der Waals surface area contributed by atoms with E-state index in [0.29, 0.717) is 23.0 Å². The second-order valence-electron chi connectivity index (χ2n) is 5.94. The fourth-order valence-electron chi connectivity index (χ4n) is 2.53. The topological polar surface area (TPSA) is 72.5 Å². The van der Waals surface area contributed by atoms with Crippen molar-refractivity contribution in [2.45, 2.75) is 6.54 Å². The summed E-state index contributed by atoms with van der Waals surface area (Å²) in [5, 5.41) is 6.54. The Hall–Kier alpha value is -3.25. The largest absolute Gasteiger partial charge is 0.497 e. The Kier molecular flexibility index (Phi) is 6.34. The number of anilines is 2. The zero-order chi connectivity index (χ0) is 19.9. The molecular weight excluding hydrogens is 378 g/mol. The van der Waals surface area contributed by atoms with Gasteiger partial charge in [-0.15, -0.1) is 0 Å². The summed E-state index contributed by atoms with van der Waals surface area (Å²) in [7, 11) is 3.18. The van der Waals surface area contributed by atoms with E-state index >= 15 is 0 Å². The molecule has 0 aliphatic carbocycles. The summed E-state index contributed by atoms with van der Waals surface area (Å²) in [5.74, 6) is 1.14. The van der Waals surface area contributed by atoms with E-state index in [1.807, 2.05) is 30.3 Å². The monoisotopic (exact) mass is 397 g/mol. The van der Waals surface area contributed by atoms with Crippen LogP contribution in [0.25, 0.3) is 0 Å². The SMILES string of the molecule is COc1ccc(CNC(=O)c2ccc(Nc3ccc(OC)c(Cl)c3)cn2)cc1. The molecule has 0 radical (unpaired) electrons. The lowest BCUT2D eigenvalue weighted by atomic mass is 10.2. The van der Waals surface area contributed by atoms with E-state index in [2.05, 4.69) is 15.6 Å². The molecule has 1 aromatic heterocycles. The minimum atomic E-state index is -0.241. The fraction of sp³-hybridized carbons (Fsp3) is 0.143. The third kappa shape index (κ3) is 4.92. The van der Waals surface area contributed by atoms with E-state index < -0.39 is 0 Å². The lowest BCUT2D eigenvalue weighted by Crippen LogP contribution is -2.23. The van der Waals surface area contributed by atoms with E-state index in [1.165, 1.54) is 0 Å². The molecule has 0 fully saturated rings. The van der Waals surface area contributed by atoms with Gasteiger partial charge in [0.25, 0.3) is 5.91 Å². The van der Waals surface area contributed by atoms with Crippen molar-refractivity contribution in [3.8, 4) is 11.5 Å². The Morgan fingerprint density at radius 2 is 1.75 bits per heavy atom. The summed E-state index contributed by atoms with van der Waals surface area (Å²) in [6, 6.07) is 16.3. The molecule has 0 unspecified atom stereocenters. The van der Waals surface area contributed by atoms with Crippen LogP contribution in [0.4, 0.5) is 11.4 Å². The second kappa shape index (κ2) is 9.10. The summed E-state index contributed by atoms with van der Waals surface area (Å²) >= 11 is 6.12. The van der Waals surface area contributed by atoms with Crippen LogP contribution in [0.15, 0.2) is 60.8 Å². The van der Waals surface area contributed by atoms with Crippen LogP contribution >= 0.6 is 11.6 Å². The number of nitrogens with zero attached hydrogens (tertiary/aromatic N) is 1. The van der Waals surface area contributed by atoms with Gasteiger partial charge in [0.05, 0.1) is 31.1 Å².